The van der Waals surface area contributed by atoms with Crippen LogP contribution in [-0.2, 0) is 0 Å². The highest BCUT2D eigenvalue weighted by Crippen LogP contribution is 2.26. The maximum Gasteiger partial charge on any atom is 0.389 e. The van der Waals surface area contributed by atoms with Crippen molar-refractivity contribution >= 4 is 21.7 Å². The molecule has 0 saturated carbocycles. The van der Waals surface area contributed by atoms with E-state index in [4.69, 9.17) is 0 Å². The van der Waals surface area contributed by atoms with Crippen LogP contribution < -0.4 is 0 Å². The molecule has 0 spiro atoms. The molecule has 0 radical (unpaired) electrons. The van der Waals surface area contributed by atoms with Gasteiger partial charge in [0.2, 0.25) is 0 Å². The van der Waals surface area contributed by atoms with E-state index in [9.17, 15) is 22.4 Å². The van der Waals surface area contributed by atoms with E-state index in [0.717, 1.165) is 6.07 Å². The molecule has 1 aromatic carbocycles. The third-order valence-electron chi connectivity index (χ3n) is 1.89. The first-order valence-electron chi connectivity index (χ1n) is 4.35. The molecule has 0 bridgehead atoms. The summed E-state index contributed by atoms with van der Waals surface area (Å²) in [4.78, 5) is 11.4. The molecule has 0 heterocycles. The molecule has 1 rings (SSSR count). The van der Waals surface area contributed by atoms with Crippen LogP contribution in [0.5, 0.6) is 0 Å². The highest BCUT2D eigenvalue weighted by molar-refractivity contribution is 9.10. The molecule has 0 atom stereocenters. The number of rotatable bonds is 3. The van der Waals surface area contributed by atoms with Crippen LogP contribution in [0.1, 0.15) is 23.2 Å². The molecular formula is C10H7BrF4O. The number of alkyl halides is 3. The third-order valence-corrected chi connectivity index (χ3v) is 2.69. The van der Waals surface area contributed by atoms with Gasteiger partial charge in [-0.15, -0.1) is 0 Å². The molecule has 0 unspecified atom stereocenters. The van der Waals surface area contributed by atoms with Crippen LogP contribution in [0.3, 0.4) is 0 Å². The van der Waals surface area contributed by atoms with E-state index < -0.39 is 30.6 Å². The second kappa shape index (κ2) is 4.95. The van der Waals surface area contributed by atoms with Gasteiger partial charge >= 0.3 is 6.18 Å². The van der Waals surface area contributed by atoms with Gasteiger partial charge in [-0.2, -0.15) is 13.2 Å². The van der Waals surface area contributed by atoms with E-state index in [2.05, 4.69) is 15.9 Å². The molecule has 0 saturated heterocycles. The molecule has 0 aliphatic heterocycles. The fraction of sp³-hybridized carbons (Fsp3) is 0.300. The summed E-state index contributed by atoms with van der Waals surface area (Å²) in [5, 5.41) is 0. The summed E-state index contributed by atoms with van der Waals surface area (Å²) in [7, 11) is 0. The van der Waals surface area contributed by atoms with Gasteiger partial charge in [0.05, 0.1) is 10.9 Å². The Labute approximate surface area is 97.6 Å². The first kappa shape index (κ1) is 13.2. The summed E-state index contributed by atoms with van der Waals surface area (Å²) in [6, 6.07) is 3.68. The third kappa shape index (κ3) is 3.59. The fourth-order valence-corrected chi connectivity index (χ4v) is 1.59. The van der Waals surface area contributed by atoms with E-state index in [1.165, 1.54) is 12.1 Å². The van der Waals surface area contributed by atoms with Crippen LogP contribution in [0, 0.1) is 5.82 Å². The lowest BCUT2D eigenvalue weighted by Gasteiger charge is -2.06. The lowest BCUT2D eigenvalue weighted by atomic mass is 10.1. The molecule has 0 N–H and O–H groups in total. The summed E-state index contributed by atoms with van der Waals surface area (Å²) in [6.45, 7) is 0. The minimum absolute atomic E-state index is 0.0655. The van der Waals surface area contributed by atoms with E-state index in [1.807, 2.05) is 0 Å². The van der Waals surface area contributed by atoms with Gasteiger partial charge in [-0.25, -0.2) is 4.39 Å². The molecule has 6 heteroatoms. The Balaban J connectivity index is 2.78. The van der Waals surface area contributed by atoms with Crippen molar-refractivity contribution in [3.8, 4) is 0 Å². The van der Waals surface area contributed by atoms with Gasteiger partial charge in [-0.1, -0.05) is 12.1 Å². The number of benzene rings is 1. The molecule has 1 aromatic rings. The van der Waals surface area contributed by atoms with Crippen molar-refractivity contribution in [3.05, 3.63) is 34.1 Å². The minimum Gasteiger partial charge on any atom is -0.294 e. The van der Waals surface area contributed by atoms with Gasteiger partial charge in [0, 0.05) is 12.0 Å². The minimum atomic E-state index is -4.38. The molecule has 88 valence electrons. The molecule has 0 amide bonds. The highest BCUT2D eigenvalue weighted by atomic mass is 79.9. The molecule has 0 aromatic heterocycles. The summed E-state index contributed by atoms with van der Waals surface area (Å²) < 4.78 is 48.5. The zero-order valence-electron chi connectivity index (χ0n) is 7.94. The standard InChI is InChI=1S/C10H7BrF4O/c11-9-6(2-1-3-7(9)12)8(16)4-5-10(13,14)15/h1-3H,4-5H2. The summed E-state index contributed by atoms with van der Waals surface area (Å²) >= 11 is 2.82. The second-order valence-electron chi connectivity index (χ2n) is 3.14. The van der Waals surface area contributed by atoms with Gasteiger partial charge in [-0.05, 0) is 22.0 Å². The van der Waals surface area contributed by atoms with Gasteiger partial charge in [0.25, 0.3) is 0 Å². The Morgan fingerprint density at radius 2 is 1.94 bits per heavy atom. The second-order valence-corrected chi connectivity index (χ2v) is 3.93. The van der Waals surface area contributed by atoms with Crippen LogP contribution in [0.4, 0.5) is 17.6 Å². The van der Waals surface area contributed by atoms with Gasteiger partial charge in [0.1, 0.15) is 5.82 Å². The van der Waals surface area contributed by atoms with Crippen molar-refractivity contribution in [3.63, 3.8) is 0 Å². The van der Waals surface area contributed by atoms with Crippen molar-refractivity contribution < 1.29 is 22.4 Å². The molecule has 0 fully saturated rings. The maximum atomic E-state index is 13.0. The highest BCUT2D eigenvalue weighted by Gasteiger charge is 2.28. The lowest BCUT2D eigenvalue weighted by molar-refractivity contribution is -0.133. The Hall–Kier alpha value is -0.910. The van der Waals surface area contributed by atoms with Gasteiger partial charge in [0.15, 0.2) is 5.78 Å². The normalized spacial score (nSPS) is 11.6. The first-order valence-corrected chi connectivity index (χ1v) is 5.14. The topological polar surface area (TPSA) is 17.1 Å². The van der Waals surface area contributed by atoms with Crippen molar-refractivity contribution in [2.24, 2.45) is 0 Å². The number of hydrogen-bond acceptors (Lipinski definition) is 1. The van der Waals surface area contributed by atoms with Crippen LogP contribution in [0.15, 0.2) is 22.7 Å². The number of ketones is 1. The Kier molecular flexibility index (Phi) is 4.07. The lowest BCUT2D eigenvalue weighted by Crippen LogP contribution is -2.11. The molecule has 0 aliphatic carbocycles. The molecule has 1 nitrogen and oxygen atoms in total. The first-order chi connectivity index (χ1) is 7.31. The van der Waals surface area contributed by atoms with Gasteiger partial charge < -0.3 is 0 Å². The molecule has 16 heavy (non-hydrogen) atoms. The SMILES string of the molecule is O=C(CCC(F)(F)F)c1cccc(F)c1Br. The van der Waals surface area contributed by atoms with E-state index in [1.54, 1.807) is 0 Å². The Bertz CT molecular complexity index is 400. The maximum absolute atomic E-state index is 13.0. The predicted octanol–water partition coefficient (Wildman–Crippen LogP) is 4.11. The Morgan fingerprint density at radius 1 is 1.31 bits per heavy atom. The smallest absolute Gasteiger partial charge is 0.294 e. The zero-order chi connectivity index (χ0) is 12.3. The number of halogens is 5. The van der Waals surface area contributed by atoms with Crippen molar-refractivity contribution in [1.82, 2.24) is 0 Å². The van der Waals surface area contributed by atoms with Crippen molar-refractivity contribution in [2.75, 3.05) is 0 Å². The van der Waals surface area contributed by atoms with E-state index in [-0.39, 0.29) is 10.0 Å². The monoisotopic (exact) mass is 298 g/mol. The molecule has 0 aliphatic rings. The number of Topliss-reactive ketones (excluding diaryl/α,β-unsaturated/α-hetero) is 1. The van der Waals surface area contributed by atoms with Gasteiger partial charge in [-0.3, -0.25) is 4.79 Å². The largest absolute Gasteiger partial charge is 0.389 e. The average molecular weight is 299 g/mol. The van der Waals surface area contributed by atoms with Crippen molar-refractivity contribution in [1.29, 1.82) is 0 Å². The van der Waals surface area contributed by atoms with E-state index in [0.29, 0.717) is 0 Å². The van der Waals surface area contributed by atoms with E-state index >= 15 is 0 Å². The number of carbonyl (C=O) groups excluding carboxylic acids is 1. The quantitative estimate of drug-likeness (QED) is 0.606. The zero-order valence-corrected chi connectivity index (χ0v) is 9.53. The van der Waals surface area contributed by atoms with Crippen LogP contribution in [0.2, 0.25) is 0 Å². The summed E-state index contributed by atoms with van der Waals surface area (Å²) in [6.07, 6.45) is -6.25. The summed E-state index contributed by atoms with van der Waals surface area (Å²) in [5.41, 5.74) is -0.0655. The fourth-order valence-electron chi connectivity index (χ4n) is 1.11. The van der Waals surface area contributed by atoms with Crippen molar-refractivity contribution in [2.45, 2.75) is 19.0 Å². The van der Waals surface area contributed by atoms with Crippen LogP contribution in [-0.4, -0.2) is 12.0 Å². The predicted molar refractivity (Wildman–Crippen MR) is 53.7 cm³/mol. The Morgan fingerprint density at radius 3 is 2.50 bits per heavy atom. The number of hydrogen-bond donors (Lipinski definition) is 0. The summed E-state index contributed by atoms with van der Waals surface area (Å²) in [5.74, 6) is -1.40. The number of carbonyl (C=O) groups is 1. The van der Waals surface area contributed by atoms with Crippen LogP contribution >= 0.6 is 15.9 Å². The average Bonchev–Trinajstić information content (AvgIpc) is 2.17. The van der Waals surface area contributed by atoms with Crippen LogP contribution in [0.25, 0.3) is 0 Å². The molecular weight excluding hydrogens is 292 g/mol.